The van der Waals surface area contributed by atoms with Crippen molar-refractivity contribution in [3.8, 4) is 0 Å². The first-order chi connectivity index (χ1) is 9.79. The standard InChI is InChI=1S/C20H30O/c1-13-11-20-9-6-16-18(2,3)7-5-8-19(16,4)17(20)10-15(21)14(13)12-20/h10,14-16,21H,1,5-9,11-12H2,2-4H3. The van der Waals surface area contributed by atoms with Gasteiger partial charge < -0.3 is 5.11 Å². The fourth-order valence-corrected chi connectivity index (χ4v) is 6.93. The van der Waals surface area contributed by atoms with Crippen LogP contribution in [0.5, 0.6) is 0 Å². The number of hydrogen-bond acceptors (Lipinski definition) is 1. The highest BCUT2D eigenvalue weighted by atomic mass is 16.3. The van der Waals surface area contributed by atoms with Crippen molar-refractivity contribution in [2.24, 2.45) is 28.1 Å². The molecule has 1 heteroatoms. The Morgan fingerprint density at radius 3 is 2.71 bits per heavy atom. The number of fused-ring (bicyclic) bond motifs is 3. The maximum Gasteiger partial charge on any atom is 0.0789 e. The van der Waals surface area contributed by atoms with E-state index < -0.39 is 0 Å². The Bertz CT molecular complexity index is 528. The predicted octanol–water partition coefficient (Wildman–Crippen LogP) is 4.87. The molecule has 21 heavy (non-hydrogen) atoms. The number of allylic oxidation sites excluding steroid dienone is 1. The molecule has 3 fully saturated rings. The quantitative estimate of drug-likeness (QED) is 0.630. The van der Waals surface area contributed by atoms with Gasteiger partial charge in [0.25, 0.3) is 0 Å². The van der Waals surface area contributed by atoms with Crippen LogP contribution < -0.4 is 0 Å². The fourth-order valence-electron chi connectivity index (χ4n) is 6.93. The number of aliphatic hydroxyl groups is 1. The van der Waals surface area contributed by atoms with E-state index in [0.717, 1.165) is 12.3 Å². The molecule has 0 amide bonds. The maximum absolute atomic E-state index is 10.6. The Balaban J connectivity index is 1.83. The minimum absolute atomic E-state index is 0.274. The Labute approximate surface area is 129 Å². The van der Waals surface area contributed by atoms with Crippen molar-refractivity contribution in [1.82, 2.24) is 0 Å². The van der Waals surface area contributed by atoms with Crippen LogP contribution in [0.2, 0.25) is 0 Å². The van der Waals surface area contributed by atoms with E-state index in [1.165, 1.54) is 44.1 Å². The molecule has 4 aliphatic carbocycles. The summed E-state index contributed by atoms with van der Waals surface area (Å²) < 4.78 is 0. The molecule has 1 nitrogen and oxygen atoms in total. The van der Waals surface area contributed by atoms with Gasteiger partial charge in [-0.2, -0.15) is 0 Å². The lowest BCUT2D eigenvalue weighted by molar-refractivity contribution is -0.0357. The second-order valence-electron chi connectivity index (χ2n) is 9.35. The van der Waals surface area contributed by atoms with E-state index in [-0.39, 0.29) is 6.10 Å². The molecule has 0 radical (unpaired) electrons. The maximum atomic E-state index is 10.6. The van der Waals surface area contributed by atoms with Gasteiger partial charge in [-0.3, -0.25) is 0 Å². The molecular formula is C20H30O. The third kappa shape index (κ3) is 1.67. The second-order valence-corrected chi connectivity index (χ2v) is 9.35. The smallest absolute Gasteiger partial charge is 0.0789 e. The molecule has 0 aromatic rings. The van der Waals surface area contributed by atoms with Gasteiger partial charge in [-0.05, 0) is 60.7 Å². The van der Waals surface area contributed by atoms with E-state index in [9.17, 15) is 5.11 Å². The van der Waals surface area contributed by atoms with Crippen LogP contribution in [0.4, 0.5) is 0 Å². The van der Waals surface area contributed by atoms with Crippen molar-refractivity contribution in [2.75, 3.05) is 0 Å². The molecule has 4 aliphatic rings. The summed E-state index contributed by atoms with van der Waals surface area (Å²) in [4.78, 5) is 0. The van der Waals surface area contributed by atoms with Crippen molar-refractivity contribution >= 4 is 0 Å². The molecule has 0 heterocycles. The van der Waals surface area contributed by atoms with Gasteiger partial charge in [0.15, 0.2) is 0 Å². The highest BCUT2D eigenvalue weighted by Gasteiger charge is 2.60. The zero-order chi connectivity index (χ0) is 15.0. The molecular weight excluding hydrogens is 256 g/mol. The zero-order valence-corrected chi connectivity index (χ0v) is 13.9. The van der Waals surface area contributed by atoms with E-state index in [1.807, 2.05) is 0 Å². The zero-order valence-electron chi connectivity index (χ0n) is 13.9. The molecule has 116 valence electrons. The average molecular weight is 286 g/mol. The summed E-state index contributed by atoms with van der Waals surface area (Å²) in [5, 5.41) is 10.6. The monoisotopic (exact) mass is 286 g/mol. The van der Waals surface area contributed by atoms with Gasteiger partial charge in [-0.15, -0.1) is 0 Å². The molecule has 4 rings (SSSR count). The first-order valence-corrected chi connectivity index (χ1v) is 8.87. The Hall–Kier alpha value is -0.560. The first-order valence-electron chi connectivity index (χ1n) is 8.87. The highest BCUT2D eigenvalue weighted by Crippen LogP contribution is 2.70. The summed E-state index contributed by atoms with van der Waals surface area (Å²) in [7, 11) is 0. The van der Waals surface area contributed by atoms with E-state index in [2.05, 4.69) is 33.4 Å². The van der Waals surface area contributed by atoms with Crippen LogP contribution in [0.15, 0.2) is 23.8 Å². The molecule has 5 atom stereocenters. The third-order valence-corrected chi connectivity index (χ3v) is 7.78. The number of hydrogen-bond donors (Lipinski definition) is 1. The summed E-state index contributed by atoms with van der Waals surface area (Å²) in [5.74, 6) is 1.12. The van der Waals surface area contributed by atoms with E-state index in [1.54, 1.807) is 5.57 Å². The van der Waals surface area contributed by atoms with Crippen molar-refractivity contribution in [1.29, 1.82) is 0 Å². The summed E-state index contributed by atoms with van der Waals surface area (Å²) in [6.45, 7) is 11.8. The van der Waals surface area contributed by atoms with Gasteiger partial charge in [0, 0.05) is 5.92 Å². The van der Waals surface area contributed by atoms with Crippen LogP contribution in [0, 0.1) is 28.1 Å². The van der Waals surface area contributed by atoms with Crippen LogP contribution in [0.25, 0.3) is 0 Å². The van der Waals surface area contributed by atoms with Crippen LogP contribution >= 0.6 is 0 Å². The van der Waals surface area contributed by atoms with E-state index >= 15 is 0 Å². The first kappa shape index (κ1) is 14.1. The van der Waals surface area contributed by atoms with Crippen molar-refractivity contribution < 1.29 is 5.11 Å². The van der Waals surface area contributed by atoms with Gasteiger partial charge in [0.1, 0.15) is 0 Å². The van der Waals surface area contributed by atoms with Crippen molar-refractivity contribution in [3.63, 3.8) is 0 Å². The van der Waals surface area contributed by atoms with Gasteiger partial charge >= 0.3 is 0 Å². The fraction of sp³-hybridized carbons (Fsp3) is 0.800. The molecule has 0 aliphatic heterocycles. The van der Waals surface area contributed by atoms with Crippen LogP contribution in [-0.4, -0.2) is 11.2 Å². The minimum atomic E-state index is -0.274. The topological polar surface area (TPSA) is 20.2 Å². The van der Waals surface area contributed by atoms with Crippen LogP contribution in [0.1, 0.15) is 65.7 Å². The van der Waals surface area contributed by atoms with Gasteiger partial charge in [-0.1, -0.05) is 51.0 Å². The van der Waals surface area contributed by atoms with Gasteiger partial charge in [0.2, 0.25) is 0 Å². The second kappa shape index (κ2) is 4.04. The summed E-state index contributed by atoms with van der Waals surface area (Å²) >= 11 is 0. The van der Waals surface area contributed by atoms with Gasteiger partial charge in [0.05, 0.1) is 6.10 Å². The van der Waals surface area contributed by atoms with Crippen LogP contribution in [0.3, 0.4) is 0 Å². The minimum Gasteiger partial charge on any atom is -0.388 e. The van der Waals surface area contributed by atoms with E-state index in [0.29, 0.717) is 22.2 Å². The lowest BCUT2D eigenvalue weighted by Gasteiger charge is -2.60. The van der Waals surface area contributed by atoms with Gasteiger partial charge in [-0.25, -0.2) is 0 Å². The molecule has 5 unspecified atom stereocenters. The van der Waals surface area contributed by atoms with Crippen molar-refractivity contribution in [3.05, 3.63) is 23.8 Å². The third-order valence-electron chi connectivity index (χ3n) is 7.78. The molecule has 1 spiro atoms. The summed E-state index contributed by atoms with van der Waals surface area (Å²) in [6, 6.07) is 0. The largest absolute Gasteiger partial charge is 0.388 e. The average Bonchev–Trinajstić information content (AvgIpc) is 2.66. The Morgan fingerprint density at radius 1 is 1.19 bits per heavy atom. The van der Waals surface area contributed by atoms with E-state index in [4.69, 9.17) is 0 Å². The molecule has 0 aromatic heterocycles. The molecule has 2 bridgehead atoms. The van der Waals surface area contributed by atoms with Crippen LogP contribution in [-0.2, 0) is 0 Å². The summed E-state index contributed by atoms with van der Waals surface area (Å²) in [5.41, 5.74) is 4.07. The number of aliphatic hydroxyl groups excluding tert-OH is 1. The Morgan fingerprint density at radius 2 is 1.95 bits per heavy atom. The lowest BCUT2D eigenvalue weighted by Crippen LogP contribution is -2.51. The normalized spacial score (nSPS) is 51.1. The highest BCUT2D eigenvalue weighted by molar-refractivity contribution is 5.39. The Kier molecular flexibility index (Phi) is 2.71. The number of rotatable bonds is 0. The summed E-state index contributed by atoms with van der Waals surface area (Å²) in [6.07, 6.45) is 11.0. The predicted molar refractivity (Wildman–Crippen MR) is 86.8 cm³/mol. The molecule has 1 N–H and O–H groups in total. The molecule has 3 saturated carbocycles. The molecule has 0 saturated heterocycles. The molecule has 0 aromatic carbocycles. The lowest BCUT2D eigenvalue weighted by atomic mass is 9.44. The SMILES string of the molecule is C=C1CC23CCC4C(C)(C)CCCC4(C)C2=CC(O)C1C3. The van der Waals surface area contributed by atoms with Crippen molar-refractivity contribution in [2.45, 2.75) is 71.8 Å².